The van der Waals surface area contributed by atoms with Crippen LogP contribution in [0.25, 0.3) is 11.1 Å². The van der Waals surface area contributed by atoms with Crippen LogP contribution in [0.2, 0.25) is 10.0 Å². The molecule has 0 spiro atoms. The molecule has 4 heteroatoms. The van der Waals surface area contributed by atoms with Crippen molar-refractivity contribution in [3.63, 3.8) is 0 Å². The molecule has 0 radical (unpaired) electrons. The first-order valence-electron chi connectivity index (χ1n) is 3.72. The van der Waals surface area contributed by atoms with Gasteiger partial charge in [-0.25, -0.2) is 0 Å². The maximum atomic E-state index is 5.99. The van der Waals surface area contributed by atoms with Crippen molar-refractivity contribution in [3.8, 4) is 11.1 Å². The molecule has 0 aliphatic carbocycles. The number of nitrogens with one attached hydrogen (secondary N) is 1. The minimum Gasteiger partial charge on any atom is -0.285 e. The second-order valence-electron chi connectivity index (χ2n) is 2.58. The molecule has 0 unspecified atom stereocenters. The summed E-state index contributed by atoms with van der Waals surface area (Å²) in [6.45, 7) is 0. The lowest BCUT2D eigenvalue weighted by molar-refractivity contribution is 1.09. The van der Waals surface area contributed by atoms with Crippen molar-refractivity contribution in [3.05, 3.63) is 40.6 Å². The minimum atomic E-state index is 0.633. The van der Waals surface area contributed by atoms with Gasteiger partial charge in [0.15, 0.2) is 0 Å². The van der Waals surface area contributed by atoms with Gasteiger partial charge in [0.2, 0.25) is 0 Å². The summed E-state index contributed by atoms with van der Waals surface area (Å²) < 4.78 is 0. The van der Waals surface area contributed by atoms with Crippen LogP contribution in [0, 0.1) is 0 Å². The van der Waals surface area contributed by atoms with Gasteiger partial charge in [-0.05, 0) is 12.1 Å². The summed E-state index contributed by atoms with van der Waals surface area (Å²) in [6, 6.07) is 5.42. The van der Waals surface area contributed by atoms with Crippen LogP contribution in [0.1, 0.15) is 0 Å². The van der Waals surface area contributed by atoms with Crippen molar-refractivity contribution in [1.82, 2.24) is 10.2 Å². The van der Waals surface area contributed by atoms with Crippen molar-refractivity contribution in [1.29, 1.82) is 0 Å². The Hall–Kier alpha value is -0.990. The Morgan fingerprint density at radius 2 is 1.85 bits per heavy atom. The molecule has 0 aliphatic heterocycles. The van der Waals surface area contributed by atoms with Gasteiger partial charge in [0.25, 0.3) is 0 Å². The highest BCUT2D eigenvalue weighted by molar-refractivity contribution is 6.39. The van der Waals surface area contributed by atoms with Crippen LogP contribution in [-0.4, -0.2) is 10.2 Å². The number of aromatic amines is 1. The standard InChI is InChI=1S/C9H6Cl2N2/c10-7-2-1-3-8(11)9(7)6-4-12-13-5-6/h1-5H,(H,12,13). The lowest BCUT2D eigenvalue weighted by Crippen LogP contribution is -1.77. The molecule has 1 aromatic carbocycles. The second-order valence-corrected chi connectivity index (χ2v) is 3.40. The lowest BCUT2D eigenvalue weighted by Gasteiger charge is -2.02. The Bertz CT molecular complexity index is 389. The fraction of sp³-hybridized carbons (Fsp3) is 0. The number of hydrogen-bond donors (Lipinski definition) is 1. The third kappa shape index (κ3) is 1.55. The lowest BCUT2D eigenvalue weighted by atomic mass is 10.1. The Kier molecular flexibility index (Phi) is 2.25. The first-order valence-corrected chi connectivity index (χ1v) is 4.48. The van der Waals surface area contributed by atoms with Gasteiger partial charge >= 0.3 is 0 Å². The Morgan fingerprint density at radius 1 is 1.15 bits per heavy atom. The number of nitrogens with zero attached hydrogens (tertiary/aromatic N) is 1. The molecule has 0 saturated heterocycles. The van der Waals surface area contributed by atoms with Crippen molar-refractivity contribution < 1.29 is 0 Å². The Labute approximate surface area is 85.5 Å². The van der Waals surface area contributed by atoms with Gasteiger partial charge in [0.05, 0.1) is 16.2 Å². The van der Waals surface area contributed by atoms with Crippen LogP contribution in [-0.2, 0) is 0 Å². The summed E-state index contributed by atoms with van der Waals surface area (Å²) in [5.74, 6) is 0. The van der Waals surface area contributed by atoms with Gasteiger partial charge in [-0.15, -0.1) is 0 Å². The monoisotopic (exact) mass is 212 g/mol. The molecule has 0 fully saturated rings. The maximum Gasteiger partial charge on any atom is 0.0566 e. The molecule has 0 saturated carbocycles. The minimum absolute atomic E-state index is 0.633. The van der Waals surface area contributed by atoms with E-state index in [1.54, 1.807) is 24.5 Å². The third-order valence-electron chi connectivity index (χ3n) is 1.75. The Balaban J connectivity index is 2.64. The zero-order valence-corrected chi connectivity index (χ0v) is 8.10. The van der Waals surface area contributed by atoms with E-state index in [0.29, 0.717) is 10.0 Å². The van der Waals surface area contributed by atoms with E-state index >= 15 is 0 Å². The number of aromatic nitrogens is 2. The largest absolute Gasteiger partial charge is 0.285 e. The van der Waals surface area contributed by atoms with E-state index in [0.717, 1.165) is 11.1 Å². The van der Waals surface area contributed by atoms with E-state index in [9.17, 15) is 0 Å². The molecule has 1 heterocycles. The first kappa shape index (κ1) is 8.60. The highest BCUT2D eigenvalue weighted by atomic mass is 35.5. The molecule has 1 aromatic heterocycles. The number of benzene rings is 1. The van der Waals surface area contributed by atoms with Crippen molar-refractivity contribution in [2.45, 2.75) is 0 Å². The molecule has 0 atom stereocenters. The van der Waals surface area contributed by atoms with E-state index in [4.69, 9.17) is 23.2 Å². The summed E-state index contributed by atoms with van der Waals surface area (Å²) in [7, 11) is 0. The summed E-state index contributed by atoms with van der Waals surface area (Å²) in [5.41, 5.74) is 1.72. The van der Waals surface area contributed by atoms with Crippen LogP contribution in [0.4, 0.5) is 0 Å². The number of rotatable bonds is 1. The zero-order chi connectivity index (χ0) is 9.26. The molecule has 2 aromatic rings. The molecule has 2 rings (SSSR count). The summed E-state index contributed by atoms with van der Waals surface area (Å²) in [4.78, 5) is 0. The average Bonchev–Trinajstić information content (AvgIpc) is 2.57. The molecule has 0 aliphatic rings. The molecule has 13 heavy (non-hydrogen) atoms. The third-order valence-corrected chi connectivity index (χ3v) is 2.38. The van der Waals surface area contributed by atoms with Gasteiger partial charge < -0.3 is 0 Å². The van der Waals surface area contributed by atoms with Crippen LogP contribution >= 0.6 is 23.2 Å². The zero-order valence-electron chi connectivity index (χ0n) is 6.59. The summed E-state index contributed by atoms with van der Waals surface area (Å²) in [6.07, 6.45) is 3.44. The summed E-state index contributed by atoms with van der Waals surface area (Å²) >= 11 is 12.0. The van der Waals surface area contributed by atoms with E-state index in [1.807, 2.05) is 6.07 Å². The van der Waals surface area contributed by atoms with Gasteiger partial charge in [0, 0.05) is 17.3 Å². The molecule has 0 amide bonds. The van der Waals surface area contributed by atoms with Gasteiger partial charge in [-0.2, -0.15) is 5.10 Å². The fourth-order valence-corrected chi connectivity index (χ4v) is 1.78. The molecular weight excluding hydrogens is 207 g/mol. The predicted molar refractivity (Wildman–Crippen MR) is 54.0 cm³/mol. The topological polar surface area (TPSA) is 28.7 Å². The second kappa shape index (κ2) is 3.40. The smallest absolute Gasteiger partial charge is 0.0566 e. The van der Waals surface area contributed by atoms with Gasteiger partial charge in [-0.1, -0.05) is 29.3 Å². The molecular formula is C9H6Cl2N2. The van der Waals surface area contributed by atoms with Crippen molar-refractivity contribution in [2.24, 2.45) is 0 Å². The first-order chi connectivity index (χ1) is 6.29. The van der Waals surface area contributed by atoms with Gasteiger partial charge in [-0.3, -0.25) is 5.10 Å². The molecule has 0 bridgehead atoms. The SMILES string of the molecule is Clc1cccc(Cl)c1-c1cn[nH]c1. The highest BCUT2D eigenvalue weighted by Crippen LogP contribution is 2.33. The maximum absolute atomic E-state index is 5.99. The van der Waals surface area contributed by atoms with Crippen LogP contribution in [0.5, 0.6) is 0 Å². The van der Waals surface area contributed by atoms with E-state index in [2.05, 4.69) is 10.2 Å². The van der Waals surface area contributed by atoms with Crippen molar-refractivity contribution in [2.75, 3.05) is 0 Å². The Morgan fingerprint density at radius 3 is 2.38 bits per heavy atom. The van der Waals surface area contributed by atoms with Crippen LogP contribution in [0.3, 0.4) is 0 Å². The quantitative estimate of drug-likeness (QED) is 0.772. The van der Waals surface area contributed by atoms with Crippen LogP contribution in [0.15, 0.2) is 30.6 Å². The number of halogens is 2. The van der Waals surface area contributed by atoms with Gasteiger partial charge in [0.1, 0.15) is 0 Å². The van der Waals surface area contributed by atoms with E-state index in [-0.39, 0.29) is 0 Å². The van der Waals surface area contributed by atoms with E-state index < -0.39 is 0 Å². The normalized spacial score (nSPS) is 10.3. The van der Waals surface area contributed by atoms with Crippen molar-refractivity contribution >= 4 is 23.2 Å². The summed E-state index contributed by atoms with van der Waals surface area (Å²) in [5, 5.41) is 7.82. The molecule has 2 nitrogen and oxygen atoms in total. The average molecular weight is 213 g/mol. The number of H-pyrrole nitrogens is 1. The molecule has 66 valence electrons. The van der Waals surface area contributed by atoms with E-state index in [1.165, 1.54) is 0 Å². The predicted octanol–water partition coefficient (Wildman–Crippen LogP) is 3.38. The fourth-order valence-electron chi connectivity index (χ4n) is 1.16. The number of hydrogen-bond acceptors (Lipinski definition) is 1. The highest BCUT2D eigenvalue weighted by Gasteiger charge is 2.07. The van der Waals surface area contributed by atoms with Crippen LogP contribution < -0.4 is 0 Å². The molecule has 1 N–H and O–H groups in total.